The monoisotopic (exact) mass is 159 g/mol. The highest BCUT2D eigenvalue weighted by molar-refractivity contribution is 5.69. The summed E-state index contributed by atoms with van der Waals surface area (Å²) < 4.78 is 4.72. The van der Waals surface area contributed by atoms with Crippen LogP contribution in [0.25, 0.3) is 0 Å². The molecule has 0 aliphatic carbocycles. The lowest BCUT2D eigenvalue weighted by Crippen LogP contribution is -2.30. The van der Waals surface area contributed by atoms with Crippen molar-refractivity contribution in [3.05, 3.63) is 0 Å². The van der Waals surface area contributed by atoms with Crippen LogP contribution in [0.3, 0.4) is 0 Å². The molecule has 1 atom stereocenters. The van der Waals surface area contributed by atoms with Crippen LogP contribution in [0, 0.1) is 5.92 Å². The third kappa shape index (κ3) is 2.08. The third-order valence-electron chi connectivity index (χ3n) is 1.69. The molecule has 0 bridgehead atoms. The second-order valence-corrected chi connectivity index (χ2v) is 2.85. The molecule has 0 aromatic heterocycles. The van der Waals surface area contributed by atoms with E-state index in [-0.39, 0.29) is 18.6 Å². The van der Waals surface area contributed by atoms with E-state index in [4.69, 9.17) is 9.84 Å². The average molecular weight is 159 g/mol. The molecular formula is C7H13NO3. The number of cyclic esters (lactones) is 1. The van der Waals surface area contributed by atoms with Gasteiger partial charge >= 0.3 is 6.09 Å². The minimum atomic E-state index is -0.259. The molecule has 0 spiro atoms. The molecule has 64 valence electrons. The summed E-state index contributed by atoms with van der Waals surface area (Å²) in [7, 11) is 0. The fourth-order valence-electron chi connectivity index (χ4n) is 1.03. The van der Waals surface area contributed by atoms with E-state index in [0.717, 1.165) is 0 Å². The zero-order valence-corrected chi connectivity index (χ0v) is 6.62. The molecule has 1 saturated heterocycles. The molecule has 1 fully saturated rings. The van der Waals surface area contributed by atoms with Crippen LogP contribution in [0.4, 0.5) is 4.79 Å². The number of hydrogen-bond acceptors (Lipinski definition) is 3. The number of amides is 1. The number of carbonyl (C=O) groups is 1. The predicted molar refractivity (Wildman–Crippen MR) is 39.2 cm³/mol. The molecule has 0 aromatic carbocycles. The summed E-state index contributed by atoms with van der Waals surface area (Å²) >= 11 is 0. The molecule has 1 unspecified atom stereocenters. The van der Waals surface area contributed by atoms with Crippen LogP contribution < -0.4 is 0 Å². The summed E-state index contributed by atoms with van der Waals surface area (Å²) in [4.78, 5) is 12.5. The maximum Gasteiger partial charge on any atom is 0.409 e. The van der Waals surface area contributed by atoms with Crippen molar-refractivity contribution in [2.24, 2.45) is 5.92 Å². The molecule has 0 aromatic rings. The van der Waals surface area contributed by atoms with Crippen LogP contribution in [0.5, 0.6) is 0 Å². The molecule has 4 nitrogen and oxygen atoms in total. The smallest absolute Gasteiger partial charge is 0.409 e. The Kier molecular flexibility index (Phi) is 2.70. The average Bonchev–Trinajstić information content (AvgIpc) is 2.37. The summed E-state index contributed by atoms with van der Waals surface area (Å²) in [5.74, 6) is 0.139. The van der Waals surface area contributed by atoms with E-state index >= 15 is 0 Å². The van der Waals surface area contributed by atoms with Crippen molar-refractivity contribution < 1.29 is 14.6 Å². The van der Waals surface area contributed by atoms with Gasteiger partial charge in [-0.15, -0.1) is 0 Å². The fourth-order valence-corrected chi connectivity index (χ4v) is 1.03. The van der Waals surface area contributed by atoms with Gasteiger partial charge in [0.2, 0.25) is 0 Å². The summed E-state index contributed by atoms with van der Waals surface area (Å²) in [6, 6.07) is 0. The second-order valence-electron chi connectivity index (χ2n) is 2.85. The van der Waals surface area contributed by atoms with Gasteiger partial charge in [-0.3, -0.25) is 0 Å². The Morgan fingerprint density at radius 1 is 1.82 bits per heavy atom. The van der Waals surface area contributed by atoms with Gasteiger partial charge in [0.25, 0.3) is 0 Å². The minimum absolute atomic E-state index is 0.115. The number of rotatable bonds is 3. The normalized spacial score (nSPS) is 20.2. The van der Waals surface area contributed by atoms with Gasteiger partial charge in [-0.1, -0.05) is 6.92 Å². The van der Waals surface area contributed by atoms with Gasteiger partial charge in [0, 0.05) is 13.2 Å². The number of ether oxygens (including phenoxy) is 1. The van der Waals surface area contributed by atoms with Gasteiger partial charge in [-0.05, 0) is 5.92 Å². The van der Waals surface area contributed by atoms with Crippen LogP contribution in [-0.2, 0) is 4.74 Å². The van der Waals surface area contributed by atoms with Gasteiger partial charge in [-0.2, -0.15) is 0 Å². The van der Waals surface area contributed by atoms with Gasteiger partial charge in [0.05, 0.1) is 6.54 Å². The molecule has 1 rings (SSSR count). The second kappa shape index (κ2) is 3.57. The highest BCUT2D eigenvalue weighted by Gasteiger charge is 2.22. The fraction of sp³-hybridized carbons (Fsp3) is 0.857. The number of aliphatic hydroxyl groups excluding tert-OH is 1. The highest BCUT2D eigenvalue weighted by atomic mass is 16.6. The first-order valence-electron chi connectivity index (χ1n) is 3.76. The van der Waals surface area contributed by atoms with Crippen molar-refractivity contribution in [2.45, 2.75) is 6.92 Å². The van der Waals surface area contributed by atoms with Crippen LogP contribution >= 0.6 is 0 Å². The minimum Gasteiger partial charge on any atom is -0.448 e. The van der Waals surface area contributed by atoms with Gasteiger partial charge in [0.1, 0.15) is 6.61 Å². The van der Waals surface area contributed by atoms with Gasteiger partial charge < -0.3 is 14.7 Å². The van der Waals surface area contributed by atoms with E-state index in [9.17, 15) is 4.79 Å². The Morgan fingerprint density at radius 3 is 3.00 bits per heavy atom. The molecule has 1 amide bonds. The Labute approximate surface area is 65.8 Å². The topological polar surface area (TPSA) is 49.8 Å². The first-order chi connectivity index (χ1) is 5.24. The largest absolute Gasteiger partial charge is 0.448 e. The molecular weight excluding hydrogens is 146 g/mol. The highest BCUT2D eigenvalue weighted by Crippen LogP contribution is 2.06. The molecule has 4 heteroatoms. The third-order valence-corrected chi connectivity index (χ3v) is 1.69. The summed E-state index contributed by atoms with van der Waals surface area (Å²) in [5.41, 5.74) is 0. The quantitative estimate of drug-likeness (QED) is 0.633. The molecule has 1 N–H and O–H groups in total. The Balaban J connectivity index is 2.30. The zero-order chi connectivity index (χ0) is 8.27. The maximum absolute atomic E-state index is 10.8. The zero-order valence-electron chi connectivity index (χ0n) is 6.62. The summed E-state index contributed by atoms with van der Waals surface area (Å²) in [5, 5.41) is 8.70. The summed E-state index contributed by atoms with van der Waals surface area (Å²) in [6.45, 7) is 3.74. The Morgan fingerprint density at radius 2 is 2.55 bits per heavy atom. The van der Waals surface area contributed by atoms with E-state index in [0.29, 0.717) is 19.7 Å². The lowest BCUT2D eigenvalue weighted by Gasteiger charge is -2.15. The van der Waals surface area contributed by atoms with Crippen molar-refractivity contribution in [1.29, 1.82) is 0 Å². The Bertz CT molecular complexity index is 149. The van der Waals surface area contributed by atoms with Gasteiger partial charge in [-0.25, -0.2) is 4.79 Å². The number of nitrogens with zero attached hydrogens (tertiary/aromatic N) is 1. The molecule has 11 heavy (non-hydrogen) atoms. The molecule has 1 aliphatic rings. The van der Waals surface area contributed by atoms with Crippen molar-refractivity contribution in [3.63, 3.8) is 0 Å². The summed E-state index contributed by atoms with van der Waals surface area (Å²) in [6.07, 6.45) is -0.259. The van der Waals surface area contributed by atoms with E-state index in [2.05, 4.69) is 0 Å². The predicted octanol–water partition coefficient (Wildman–Crippen LogP) is 0.0670. The SMILES string of the molecule is CC(CO)CN1CCOC1=O. The Hall–Kier alpha value is -0.770. The standard InChI is InChI=1S/C7H13NO3/c1-6(5-9)4-8-2-3-11-7(8)10/h6,9H,2-5H2,1H3. The van der Waals surface area contributed by atoms with Crippen LogP contribution in [0.2, 0.25) is 0 Å². The molecule has 1 heterocycles. The van der Waals surface area contributed by atoms with E-state index in [1.165, 1.54) is 0 Å². The first kappa shape index (κ1) is 8.33. The van der Waals surface area contributed by atoms with Crippen LogP contribution in [0.15, 0.2) is 0 Å². The lowest BCUT2D eigenvalue weighted by atomic mass is 10.2. The van der Waals surface area contributed by atoms with E-state index in [1.54, 1.807) is 4.90 Å². The molecule has 1 aliphatic heterocycles. The van der Waals surface area contributed by atoms with Crippen molar-refractivity contribution in [1.82, 2.24) is 4.90 Å². The number of hydrogen-bond donors (Lipinski definition) is 1. The van der Waals surface area contributed by atoms with Crippen molar-refractivity contribution in [3.8, 4) is 0 Å². The lowest BCUT2D eigenvalue weighted by molar-refractivity contribution is 0.147. The maximum atomic E-state index is 10.8. The van der Waals surface area contributed by atoms with Crippen molar-refractivity contribution >= 4 is 6.09 Å². The molecule has 0 saturated carbocycles. The van der Waals surface area contributed by atoms with Gasteiger partial charge in [0.15, 0.2) is 0 Å². The van der Waals surface area contributed by atoms with E-state index < -0.39 is 0 Å². The van der Waals surface area contributed by atoms with Crippen molar-refractivity contribution in [2.75, 3.05) is 26.3 Å². The number of aliphatic hydroxyl groups is 1. The first-order valence-corrected chi connectivity index (χ1v) is 3.76. The molecule has 0 radical (unpaired) electrons. The van der Waals surface area contributed by atoms with E-state index in [1.807, 2.05) is 6.92 Å². The number of carbonyl (C=O) groups excluding carboxylic acids is 1. The van der Waals surface area contributed by atoms with Crippen LogP contribution in [0.1, 0.15) is 6.92 Å². The van der Waals surface area contributed by atoms with Crippen LogP contribution in [-0.4, -0.2) is 42.4 Å².